The van der Waals surface area contributed by atoms with Crippen LogP contribution in [0.25, 0.3) is 22.6 Å². The summed E-state index contributed by atoms with van der Waals surface area (Å²) in [6, 6.07) is 12.4. The Morgan fingerprint density at radius 2 is 1.84 bits per heavy atom. The average Bonchev–Trinajstić information content (AvgIpc) is 3.33. The van der Waals surface area contributed by atoms with Crippen molar-refractivity contribution in [2.75, 3.05) is 31.6 Å². The second-order valence-corrected chi connectivity index (χ2v) is 9.00. The first-order chi connectivity index (χ1) is 18.2. The summed E-state index contributed by atoms with van der Waals surface area (Å²) in [4.78, 5) is 19.8. The number of carbonyl (C=O) groups excluding carboxylic acids is 1. The highest BCUT2D eigenvalue weighted by Gasteiger charge is 2.35. The number of ether oxygens (including phenoxy) is 1. The first kappa shape index (κ1) is 25.9. The molecule has 0 atom stereocenters. The maximum absolute atomic E-state index is 13.9. The van der Waals surface area contributed by atoms with Gasteiger partial charge in [0, 0.05) is 25.3 Å². The Labute approximate surface area is 216 Å². The zero-order valence-corrected chi connectivity index (χ0v) is 20.6. The molecule has 0 radical (unpaired) electrons. The zero-order chi connectivity index (χ0) is 26.9. The standard InChI is InChI=1S/C28H25F4N3O3/c1-2-19-17(16-35-11-13-37-14-12-35)5-3-7-23(19)33-26(36)20-6-4-8-24-25(20)38-27(34-24)21-15-18(29)9-10-22(21)28(30,31)32/h3-10,15H,2,11-14,16H2,1H3,(H,33,36). The Bertz CT molecular complexity index is 1480. The van der Waals surface area contributed by atoms with Gasteiger partial charge < -0.3 is 14.5 Å². The van der Waals surface area contributed by atoms with Crippen molar-refractivity contribution in [2.24, 2.45) is 0 Å². The highest BCUT2D eigenvalue weighted by atomic mass is 19.4. The molecule has 1 aromatic heterocycles. The number of morpholine rings is 1. The average molecular weight is 528 g/mol. The smallest absolute Gasteiger partial charge is 0.417 e. The van der Waals surface area contributed by atoms with E-state index < -0.39 is 34.9 Å². The van der Waals surface area contributed by atoms with E-state index in [9.17, 15) is 22.4 Å². The number of benzene rings is 3. The van der Waals surface area contributed by atoms with Crippen LogP contribution in [-0.2, 0) is 23.9 Å². The van der Waals surface area contributed by atoms with Gasteiger partial charge in [0.05, 0.1) is 29.9 Å². The number of anilines is 1. The van der Waals surface area contributed by atoms with E-state index in [2.05, 4.69) is 15.2 Å². The van der Waals surface area contributed by atoms with Gasteiger partial charge in [-0.15, -0.1) is 0 Å². The SMILES string of the molecule is CCc1c(CN2CCOCC2)cccc1NC(=O)c1cccc2nc(-c3cc(F)ccc3C(F)(F)F)oc12. The Kier molecular flexibility index (Phi) is 7.18. The fourth-order valence-corrected chi connectivity index (χ4v) is 4.69. The van der Waals surface area contributed by atoms with Crippen LogP contribution >= 0.6 is 0 Å². The molecular weight excluding hydrogens is 502 g/mol. The van der Waals surface area contributed by atoms with Crippen molar-refractivity contribution in [3.63, 3.8) is 0 Å². The van der Waals surface area contributed by atoms with Gasteiger partial charge in [-0.2, -0.15) is 13.2 Å². The van der Waals surface area contributed by atoms with Gasteiger partial charge in [-0.05, 0) is 53.9 Å². The summed E-state index contributed by atoms with van der Waals surface area (Å²) >= 11 is 0. The predicted molar refractivity (Wildman–Crippen MR) is 134 cm³/mol. The first-order valence-corrected chi connectivity index (χ1v) is 12.2. The summed E-state index contributed by atoms with van der Waals surface area (Å²) in [6.45, 7) is 5.76. The lowest BCUT2D eigenvalue weighted by molar-refractivity contribution is -0.137. The Hall–Kier alpha value is -3.76. The highest BCUT2D eigenvalue weighted by molar-refractivity contribution is 6.11. The molecule has 1 aliphatic rings. The van der Waals surface area contributed by atoms with Gasteiger partial charge in [-0.3, -0.25) is 9.69 Å². The molecule has 2 heterocycles. The molecule has 0 unspecified atom stereocenters. The number of rotatable bonds is 6. The minimum absolute atomic E-state index is 0.0138. The van der Waals surface area contributed by atoms with Crippen molar-refractivity contribution in [3.8, 4) is 11.5 Å². The number of carbonyl (C=O) groups is 1. The van der Waals surface area contributed by atoms with Crippen molar-refractivity contribution >= 4 is 22.7 Å². The number of hydrogen-bond donors (Lipinski definition) is 1. The molecule has 1 N–H and O–H groups in total. The minimum atomic E-state index is -4.74. The molecule has 5 rings (SSSR count). The number of fused-ring (bicyclic) bond motifs is 1. The number of nitrogens with one attached hydrogen (secondary N) is 1. The monoisotopic (exact) mass is 527 g/mol. The molecule has 1 saturated heterocycles. The van der Waals surface area contributed by atoms with Crippen LogP contribution in [0.2, 0.25) is 0 Å². The van der Waals surface area contributed by atoms with Crippen molar-refractivity contribution in [1.82, 2.24) is 9.88 Å². The summed E-state index contributed by atoms with van der Waals surface area (Å²) < 4.78 is 65.6. The Morgan fingerprint density at radius 1 is 1.08 bits per heavy atom. The first-order valence-electron chi connectivity index (χ1n) is 12.2. The number of nitrogens with zero attached hydrogens (tertiary/aromatic N) is 2. The van der Waals surface area contributed by atoms with E-state index in [0.717, 1.165) is 42.9 Å². The lowest BCUT2D eigenvalue weighted by Crippen LogP contribution is -2.35. The Morgan fingerprint density at radius 3 is 2.58 bits per heavy atom. The largest absolute Gasteiger partial charge is 0.435 e. The third-order valence-electron chi connectivity index (χ3n) is 6.55. The molecule has 0 aliphatic carbocycles. The van der Waals surface area contributed by atoms with Gasteiger partial charge in [0.1, 0.15) is 11.3 Å². The van der Waals surface area contributed by atoms with Crippen LogP contribution < -0.4 is 5.32 Å². The van der Waals surface area contributed by atoms with Crippen LogP contribution in [0.5, 0.6) is 0 Å². The van der Waals surface area contributed by atoms with E-state index in [1.165, 1.54) is 12.1 Å². The van der Waals surface area contributed by atoms with E-state index in [1.807, 2.05) is 25.1 Å². The van der Waals surface area contributed by atoms with Crippen LogP contribution in [0.4, 0.5) is 23.2 Å². The number of para-hydroxylation sites is 1. The van der Waals surface area contributed by atoms with Gasteiger partial charge >= 0.3 is 6.18 Å². The number of alkyl halides is 3. The van der Waals surface area contributed by atoms with Crippen LogP contribution in [0.1, 0.15) is 34.0 Å². The van der Waals surface area contributed by atoms with Gasteiger partial charge in [-0.25, -0.2) is 9.37 Å². The summed E-state index contributed by atoms with van der Waals surface area (Å²) in [5, 5.41) is 2.93. The van der Waals surface area contributed by atoms with Gasteiger partial charge in [0.15, 0.2) is 5.58 Å². The van der Waals surface area contributed by atoms with E-state index >= 15 is 0 Å². The van der Waals surface area contributed by atoms with Gasteiger partial charge in [0.25, 0.3) is 5.91 Å². The maximum Gasteiger partial charge on any atom is 0.417 e. The normalized spacial score (nSPS) is 14.7. The van der Waals surface area contributed by atoms with E-state index in [1.54, 1.807) is 6.07 Å². The molecule has 1 amide bonds. The highest BCUT2D eigenvalue weighted by Crippen LogP contribution is 2.38. The Balaban J connectivity index is 1.47. The van der Waals surface area contributed by atoms with Gasteiger partial charge in [-0.1, -0.05) is 25.1 Å². The summed E-state index contributed by atoms with van der Waals surface area (Å²) in [7, 11) is 0. The number of amides is 1. The fraction of sp³-hybridized carbons (Fsp3) is 0.286. The van der Waals surface area contributed by atoms with Crippen molar-refractivity contribution in [3.05, 3.63) is 82.7 Å². The number of aromatic nitrogens is 1. The van der Waals surface area contributed by atoms with Crippen LogP contribution in [0.15, 0.2) is 59.0 Å². The van der Waals surface area contributed by atoms with Crippen LogP contribution in [-0.4, -0.2) is 42.1 Å². The van der Waals surface area contributed by atoms with E-state index in [4.69, 9.17) is 9.15 Å². The van der Waals surface area contributed by atoms with E-state index in [-0.39, 0.29) is 16.7 Å². The van der Waals surface area contributed by atoms with Crippen LogP contribution in [0.3, 0.4) is 0 Å². The molecule has 38 heavy (non-hydrogen) atoms. The molecule has 4 aromatic rings. The van der Waals surface area contributed by atoms with Crippen LogP contribution in [0, 0.1) is 5.82 Å². The second-order valence-electron chi connectivity index (χ2n) is 9.00. The topological polar surface area (TPSA) is 67.6 Å². The van der Waals surface area contributed by atoms with Crippen molar-refractivity contribution in [1.29, 1.82) is 0 Å². The lowest BCUT2D eigenvalue weighted by Gasteiger charge is -2.27. The minimum Gasteiger partial charge on any atom is -0.435 e. The number of halogens is 4. The number of hydrogen-bond acceptors (Lipinski definition) is 5. The fourth-order valence-electron chi connectivity index (χ4n) is 4.69. The third kappa shape index (κ3) is 5.27. The zero-order valence-electron chi connectivity index (χ0n) is 20.6. The molecule has 0 spiro atoms. The molecule has 0 saturated carbocycles. The summed E-state index contributed by atoms with van der Waals surface area (Å²) in [5.41, 5.74) is 1.41. The molecule has 198 valence electrons. The molecule has 3 aromatic carbocycles. The number of oxazole rings is 1. The molecule has 1 aliphatic heterocycles. The maximum atomic E-state index is 13.9. The third-order valence-corrected chi connectivity index (χ3v) is 6.55. The molecule has 1 fully saturated rings. The quantitative estimate of drug-likeness (QED) is 0.298. The van der Waals surface area contributed by atoms with Crippen molar-refractivity contribution < 1.29 is 31.5 Å². The second kappa shape index (κ2) is 10.5. The molecule has 6 nitrogen and oxygen atoms in total. The van der Waals surface area contributed by atoms with Gasteiger partial charge in [0.2, 0.25) is 5.89 Å². The summed E-state index contributed by atoms with van der Waals surface area (Å²) in [6.07, 6.45) is -4.06. The molecular formula is C28H25F4N3O3. The van der Waals surface area contributed by atoms with Crippen molar-refractivity contribution in [2.45, 2.75) is 26.1 Å². The summed E-state index contributed by atoms with van der Waals surface area (Å²) in [5.74, 6) is -1.78. The predicted octanol–water partition coefficient (Wildman–Crippen LogP) is 6.30. The molecule has 0 bridgehead atoms. The molecule has 10 heteroatoms. The lowest BCUT2D eigenvalue weighted by atomic mass is 10.0. The van der Waals surface area contributed by atoms with E-state index in [0.29, 0.717) is 31.4 Å².